The lowest BCUT2D eigenvalue weighted by atomic mass is 10.0. The molecule has 0 radical (unpaired) electrons. The Morgan fingerprint density at radius 3 is 2.21 bits per heavy atom. The Morgan fingerprint density at radius 1 is 1.09 bits per heavy atom. The molecule has 7 nitrogen and oxygen atoms in total. The van der Waals surface area contributed by atoms with Gasteiger partial charge in [0.05, 0.1) is 34.8 Å². The van der Waals surface area contributed by atoms with Crippen LogP contribution in [0.1, 0.15) is 28.4 Å². The molecular formula is C19H18Cl2F3NO6S2. The number of carbonyl (C=O) groups excluding carboxylic acids is 1. The average molecular weight is 548 g/mol. The van der Waals surface area contributed by atoms with Crippen molar-refractivity contribution >= 4 is 54.8 Å². The van der Waals surface area contributed by atoms with E-state index in [2.05, 4.69) is 4.18 Å². The van der Waals surface area contributed by atoms with Crippen LogP contribution in [0.15, 0.2) is 35.2 Å². The highest BCUT2D eigenvalue weighted by atomic mass is 35.5. The van der Waals surface area contributed by atoms with Crippen LogP contribution in [-0.2, 0) is 36.9 Å². The quantitative estimate of drug-likeness (QED) is 0.471. The first-order valence-corrected chi connectivity index (χ1v) is 13.2. The highest BCUT2D eigenvalue weighted by Gasteiger charge is 2.36. The molecule has 0 aliphatic rings. The Kier molecular flexibility index (Phi) is 8.12. The first kappa shape index (κ1) is 27.4. The Morgan fingerprint density at radius 2 is 1.70 bits per heavy atom. The summed E-state index contributed by atoms with van der Waals surface area (Å²) in [5.74, 6) is -1.30. The number of hydrogen-bond acceptors (Lipinski definition) is 6. The van der Waals surface area contributed by atoms with Crippen LogP contribution in [0, 0.1) is 0 Å². The SMILES string of the molecule is CCS(=O)(=O)c1ccc(Cl)cc1N(C)C(=O)c1cc(Cl)c(COS(C)(=O)=O)c(C(F)(F)F)c1. The summed E-state index contributed by atoms with van der Waals surface area (Å²) < 4.78 is 92.6. The Bertz CT molecular complexity index is 1300. The summed E-state index contributed by atoms with van der Waals surface area (Å²) in [7, 11) is -6.71. The molecule has 0 spiro atoms. The monoisotopic (exact) mass is 547 g/mol. The van der Waals surface area contributed by atoms with Crippen molar-refractivity contribution in [2.75, 3.05) is 24.0 Å². The number of alkyl halides is 3. The van der Waals surface area contributed by atoms with E-state index in [1.54, 1.807) is 0 Å². The van der Waals surface area contributed by atoms with Gasteiger partial charge in [0.25, 0.3) is 16.0 Å². The second kappa shape index (κ2) is 9.79. The summed E-state index contributed by atoms with van der Waals surface area (Å²) in [5, 5.41) is -0.459. The average Bonchev–Trinajstić information content (AvgIpc) is 2.69. The molecule has 33 heavy (non-hydrogen) atoms. The third kappa shape index (κ3) is 6.60. The number of carbonyl (C=O) groups is 1. The topological polar surface area (TPSA) is 97.8 Å². The lowest BCUT2D eigenvalue weighted by Crippen LogP contribution is -2.28. The fraction of sp³-hybridized carbons (Fsp3) is 0.316. The lowest BCUT2D eigenvalue weighted by molar-refractivity contribution is -0.138. The van der Waals surface area contributed by atoms with Gasteiger partial charge in [-0.25, -0.2) is 8.42 Å². The van der Waals surface area contributed by atoms with E-state index in [9.17, 15) is 34.8 Å². The van der Waals surface area contributed by atoms with Gasteiger partial charge in [-0.05, 0) is 30.3 Å². The van der Waals surface area contributed by atoms with Crippen molar-refractivity contribution in [3.63, 3.8) is 0 Å². The zero-order chi connectivity index (χ0) is 25.4. The van der Waals surface area contributed by atoms with Gasteiger partial charge >= 0.3 is 6.18 Å². The van der Waals surface area contributed by atoms with Gasteiger partial charge in [0.15, 0.2) is 9.84 Å². The molecule has 0 atom stereocenters. The van der Waals surface area contributed by atoms with Crippen LogP contribution >= 0.6 is 23.2 Å². The Hall–Kier alpha value is -1.86. The minimum absolute atomic E-state index is 0.0991. The molecule has 2 aromatic carbocycles. The third-order valence-corrected chi connectivity index (χ3v) is 7.36. The van der Waals surface area contributed by atoms with Gasteiger partial charge in [-0.2, -0.15) is 21.6 Å². The molecule has 2 aromatic rings. The fourth-order valence-corrected chi connectivity index (χ4v) is 4.67. The Labute approximate surface area is 199 Å². The van der Waals surface area contributed by atoms with Crippen LogP contribution in [0.5, 0.6) is 0 Å². The lowest BCUT2D eigenvalue weighted by Gasteiger charge is -2.22. The highest BCUT2D eigenvalue weighted by Crippen LogP contribution is 2.38. The molecule has 0 aliphatic carbocycles. The normalized spacial score (nSPS) is 12.6. The van der Waals surface area contributed by atoms with Crippen LogP contribution in [0.25, 0.3) is 0 Å². The van der Waals surface area contributed by atoms with Crippen LogP contribution < -0.4 is 4.90 Å². The van der Waals surface area contributed by atoms with Crippen LogP contribution in [0.3, 0.4) is 0 Å². The number of amides is 1. The van der Waals surface area contributed by atoms with Gasteiger partial charge < -0.3 is 4.90 Å². The molecule has 182 valence electrons. The molecule has 0 saturated heterocycles. The van der Waals surface area contributed by atoms with Crippen LogP contribution in [0.4, 0.5) is 18.9 Å². The number of benzene rings is 2. The van der Waals surface area contributed by atoms with Crippen molar-refractivity contribution in [1.82, 2.24) is 0 Å². The molecule has 0 aliphatic heterocycles. The zero-order valence-corrected chi connectivity index (χ0v) is 20.5. The molecule has 1 amide bonds. The van der Waals surface area contributed by atoms with E-state index in [1.807, 2.05) is 0 Å². The molecule has 0 unspecified atom stereocenters. The van der Waals surface area contributed by atoms with Crippen molar-refractivity contribution in [3.8, 4) is 0 Å². The van der Waals surface area contributed by atoms with Gasteiger partial charge in [0.1, 0.15) is 0 Å². The fourth-order valence-electron chi connectivity index (χ4n) is 2.80. The van der Waals surface area contributed by atoms with Crippen LogP contribution in [-0.4, -0.2) is 41.8 Å². The van der Waals surface area contributed by atoms with Gasteiger partial charge in [-0.3, -0.25) is 8.98 Å². The molecule has 0 bridgehead atoms. The largest absolute Gasteiger partial charge is 0.416 e. The summed E-state index contributed by atoms with van der Waals surface area (Å²) in [6.07, 6.45) is -4.34. The molecule has 0 aromatic heterocycles. The van der Waals surface area contributed by atoms with Crippen molar-refractivity contribution in [2.24, 2.45) is 0 Å². The maximum atomic E-state index is 13.6. The second-order valence-electron chi connectivity index (χ2n) is 6.83. The summed E-state index contributed by atoms with van der Waals surface area (Å²) in [6.45, 7) is 0.395. The first-order chi connectivity index (χ1) is 15.0. The van der Waals surface area contributed by atoms with E-state index in [-0.39, 0.29) is 21.4 Å². The minimum Gasteiger partial charge on any atom is -0.310 e. The maximum absolute atomic E-state index is 13.6. The Balaban J connectivity index is 2.61. The van der Waals surface area contributed by atoms with Gasteiger partial charge in [0.2, 0.25) is 0 Å². The summed E-state index contributed by atoms with van der Waals surface area (Å²) >= 11 is 11.9. The van der Waals surface area contributed by atoms with E-state index in [0.29, 0.717) is 12.3 Å². The zero-order valence-electron chi connectivity index (χ0n) is 17.4. The molecule has 0 heterocycles. The van der Waals surface area contributed by atoms with E-state index in [4.69, 9.17) is 23.2 Å². The van der Waals surface area contributed by atoms with Crippen molar-refractivity contribution in [1.29, 1.82) is 0 Å². The number of hydrogen-bond donors (Lipinski definition) is 0. The predicted molar refractivity (Wildman–Crippen MR) is 118 cm³/mol. The number of nitrogens with zero attached hydrogens (tertiary/aromatic N) is 1. The van der Waals surface area contributed by atoms with E-state index in [1.165, 1.54) is 32.2 Å². The molecule has 14 heteroatoms. The molecule has 0 fully saturated rings. The molecule has 2 rings (SSSR count). The van der Waals surface area contributed by atoms with Gasteiger partial charge in [-0.1, -0.05) is 30.1 Å². The summed E-state index contributed by atoms with van der Waals surface area (Å²) in [4.78, 5) is 13.6. The second-order valence-corrected chi connectivity index (χ2v) is 11.6. The van der Waals surface area contributed by atoms with Crippen molar-refractivity contribution in [2.45, 2.75) is 24.6 Å². The molecular weight excluding hydrogens is 530 g/mol. The van der Waals surface area contributed by atoms with E-state index in [0.717, 1.165) is 11.0 Å². The number of anilines is 1. The third-order valence-electron chi connectivity index (χ3n) is 4.47. The minimum atomic E-state index is -5.00. The van der Waals surface area contributed by atoms with Gasteiger partial charge in [-0.15, -0.1) is 0 Å². The number of halogens is 5. The highest BCUT2D eigenvalue weighted by molar-refractivity contribution is 7.91. The van der Waals surface area contributed by atoms with E-state index >= 15 is 0 Å². The van der Waals surface area contributed by atoms with Crippen molar-refractivity contribution < 1.29 is 39.0 Å². The molecule has 0 N–H and O–H groups in total. The predicted octanol–water partition coefficient (Wildman–Crippen LogP) is 4.56. The maximum Gasteiger partial charge on any atom is 0.416 e. The van der Waals surface area contributed by atoms with Gasteiger partial charge in [0, 0.05) is 28.2 Å². The first-order valence-electron chi connectivity index (χ1n) is 9.02. The standard InChI is InChI=1S/C19H18Cl2F3NO6S2/c1-4-33(29,30)17-6-5-12(20)9-16(17)25(2)18(26)11-7-14(19(22,23)24)13(15(21)8-11)10-31-32(3,27)28/h5-9H,4,10H2,1-3H3. The summed E-state index contributed by atoms with van der Waals surface area (Å²) in [6, 6.07) is 5.10. The van der Waals surface area contributed by atoms with E-state index < -0.39 is 60.4 Å². The smallest absolute Gasteiger partial charge is 0.310 e. The number of rotatable bonds is 7. The number of sulfone groups is 1. The van der Waals surface area contributed by atoms with Crippen molar-refractivity contribution in [3.05, 3.63) is 57.1 Å². The van der Waals surface area contributed by atoms with Crippen LogP contribution in [0.2, 0.25) is 10.0 Å². The molecule has 0 saturated carbocycles. The summed E-state index contributed by atoms with van der Waals surface area (Å²) in [5.41, 5.74) is -2.70.